The summed E-state index contributed by atoms with van der Waals surface area (Å²) >= 11 is 0. The first-order valence-electron chi connectivity index (χ1n) is 9.33. The van der Waals surface area contributed by atoms with Gasteiger partial charge in [0.1, 0.15) is 12.1 Å². The fourth-order valence-corrected chi connectivity index (χ4v) is 3.41. The van der Waals surface area contributed by atoms with Gasteiger partial charge in [0.05, 0.1) is 5.69 Å². The van der Waals surface area contributed by atoms with Crippen LogP contribution < -0.4 is 5.32 Å². The number of anilines is 2. The summed E-state index contributed by atoms with van der Waals surface area (Å²) in [5.41, 5.74) is 4.43. The Morgan fingerprint density at radius 1 is 0.846 bits per heavy atom. The van der Waals surface area contributed by atoms with Crippen molar-refractivity contribution in [3.8, 4) is 11.3 Å². The standard InChI is InChI=1S/C22H24N4/c1-3-7-19(8-4-1)21-15-22(24-17-23-21)25-20-11-9-18(10-12-20)16-26-13-5-2-6-14-26/h1,3-4,7-12,15,17H,2,5-6,13-14,16H2,(H,23,24,25). The Labute approximate surface area is 154 Å². The number of piperidine rings is 1. The number of hydrogen-bond acceptors (Lipinski definition) is 4. The summed E-state index contributed by atoms with van der Waals surface area (Å²) in [5, 5.41) is 3.38. The van der Waals surface area contributed by atoms with E-state index in [4.69, 9.17) is 0 Å². The van der Waals surface area contributed by atoms with Gasteiger partial charge in [0, 0.05) is 23.9 Å². The number of hydrogen-bond donors (Lipinski definition) is 1. The summed E-state index contributed by atoms with van der Waals surface area (Å²) in [5.74, 6) is 0.808. The molecule has 1 aliphatic heterocycles. The lowest BCUT2D eigenvalue weighted by molar-refractivity contribution is 0.221. The average Bonchev–Trinajstić information content (AvgIpc) is 2.71. The van der Waals surface area contributed by atoms with E-state index in [-0.39, 0.29) is 0 Å². The molecule has 0 bridgehead atoms. The van der Waals surface area contributed by atoms with E-state index in [1.807, 2.05) is 24.3 Å². The van der Waals surface area contributed by atoms with Crippen molar-refractivity contribution in [2.45, 2.75) is 25.8 Å². The Morgan fingerprint density at radius 2 is 1.62 bits per heavy atom. The molecule has 1 aliphatic rings. The average molecular weight is 344 g/mol. The summed E-state index contributed by atoms with van der Waals surface area (Å²) in [6.45, 7) is 3.50. The van der Waals surface area contributed by atoms with Crippen molar-refractivity contribution < 1.29 is 0 Å². The number of benzene rings is 2. The van der Waals surface area contributed by atoms with E-state index in [2.05, 4.69) is 56.6 Å². The maximum Gasteiger partial charge on any atom is 0.134 e. The molecule has 132 valence electrons. The molecular formula is C22H24N4. The van der Waals surface area contributed by atoms with Gasteiger partial charge in [-0.15, -0.1) is 0 Å². The van der Waals surface area contributed by atoms with Crippen LogP contribution in [0, 0.1) is 0 Å². The van der Waals surface area contributed by atoms with Gasteiger partial charge in [-0.2, -0.15) is 0 Å². The van der Waals surface area contributed by atoms with Crippen LogP contribution in [-0.2, 0) is 6.54 Å². The second-order valence-electron chi connectivity index (χ2n) is 6.81. The van der Waals surface area contributed by atoms with Crippen LogP contribution in [0.3, 0.4) is 0 Å². The molecule has 3 aromatic rings. The zero-order valence-corrected chi connectivity index (χ0v) is 14.9. The molecule has 26 heavy (non-hydrogen) atoms. The highest BCUT2D eigenvalue weighted by molar-refractivity contribution is 5.65. The van der Waals surface area contributed by atoms with Crippen LogP contribution in [0.1, 0.15) is 24.8 Å². The van der Waals surface area contributed by atoms with Crippen LogP contribution >= 0.6 is 0 Å². The first kappa shape index (κ1) is 16.7. The second kappa shape index (κ2) is 8.11. The highest BCUT2D eigenvalue weighted by atomic mass is 15.1. The van der Waals surface area contributed by atoms with Gasteiger partial charge in [-0.05, 0) is 43.6 Å². The van der Waals surface area contributed by atoms with Crippen molar-refractivity contribution in [2.24, 2.45) is 0 Å². The van der Waals surface area contributed by atoms with E-state index in [1.54, 1.807) is 6.33 Å². The summed E-state index contributed by atoms with van der Waals surface area (Å²) in [7, 11) is 0. The van der Waals surface area contributed by atoms with Crippen molar-refractivity contribution in [3.05, 3.63) is 72.6 Å². The van der Waals surface area contributed by atoms with Gasteiger partial charge in [-0.25, -0.2) is 9.97 Å². The van der Waals surface area contributed by atoms with Gasteiger partial charge >= 0.3 is 0 Å². The molecule has 0 unspecified atom stereocenters. The Kier molecular flexibility index (Phi) is 5.22. The topological polar surface area (TPSA) is 41.0 Å². The van der Waals surface area contributed by atoms with E-state index in [9.17, 15) is 0 Å². The van der Waals surface area contributed by atoms with Gasteiger partial charge < -0.3 is 5.32 Å². The predicted molar refractivity (Wildman–Crippen MR) is 106 cm³/mol. The molecule has 0 amide bonds. The molecule has 0 spiro atoms. The molecule has 1 N–H and O–H groups in total. The number of likely N-dealkylation sites (tertiary alicyclic amines) is 1. The maximum absolute atomic E-state index is 4.37. The van der Waals surface area contributed by atoms with E-state index < -0.39 is 0 Å². The molecule has 1 saturated heterocycles. The number of aromatic nitrogens is 2. The van der Waals surface area contributed by atoms with Crippen LogP contribution in [0.4, 0.5) is 11.5 Å². The van der Waals surface area contributed by atoms with E-state index >= 15 is 0 Å². The smallest absolute Gasteiger partial charge is 0.134 e. The number of nitrogens with one attached hydrogen (secondary N) is 1. The highest BCUT2D eigenvalue weighted by Crippen LogP contribution is 2.21. The Balaban J connectivity index is 1.42. The van der Waals surface area contributed by atoms with Crippen molar-refractivity contribution in [3.63, 3.8) is 0 Å². The first-order chi connectivity index (χ1) is 12.9. The fraction of sp³-hybridized carbons (Fsp3) is 0.273. The van der Waals surface area contributed by atoms with Crippen molar-refractivity contribution in [1.29, 1.82) is 0 Å². The minimum Gasteiger partial charge on any atom is -0.340 e. The lowest BCUT2D eigenvalue weighted by atomic mass is 10.1. The highest BCUT2D eigenvalue weighted by Gasteiger charge is 2.10. The van der Waals surface area contributed by atoms with Crippen LogP contribution in [0.25, 0.3) is 11.3 Å². The first-order valence-corrected chi connectivity index (χ1v) is 9.33. The Morgan fingerprint density at radius 3 is 2.38 bits per heavy atom. The molecular weight excluding hydrogens is 320 g/mol. The van der Waals surface area contributed by atoms with Crippen LogP contribution in [0.15, 0.2) is 67.0 Å². The summed E-state index contributed by atoms with van der Waals surface area (Å²) in [4.78, 5) is 11.3. The zero-order chi connectivity index (χ0) is 17.6. The molecule has 1 aromatic heterocycles. The molecule has 1 fully saturated rings. The SMILES string of the molecule is c1ccc(-c2cc(Nc3ccc(CN4CCCCC4)cc3)ncn2)cc1. The predicted octanol–water partition coefficient (Wildman–Crippen LogP) is 4.87. The van der Waals surface area contributed by atoms with Gasteiger partial charge in [0.15, 0.2) is 0 Å². The molecule has 2 aromatic carbocycles. The van der Waals surface area contributed by atoms with Crippen LogP contribution in [0.5, 0.6) is 0 Å². The Hall–Kier alpha value is -2.72. The molecule has 2 heterocycles. The van der Waals surface area contributed by atoms with E-state index in [1.165, 1.54) is 37.9 Å². The molecule has 4 rings (SSSR count). The fourth-order valence-electron chi connectivity index (χ4n) is 3.41. The Bertz CT molecular complexity index is 824. The number of rotatable bonds is 5. The van der Waals surface area contributed by atoms with Gasteiger partial charge in [0.2, 0.25) is 0 Å². The van der Waals surface area contributed by atoms with Crippen molar-refractivity contribution >= 4 is 11.5 Å². The molecule has 0 aliphatic carbocycles. The van der Waals surface area contributed by atoms with Gasteiger partial charge in [-0.3, -0.25) is 4.90 Å². The summed E-state index contributed by atoms with van der Waals surface area (Å²) in [6, 6.07) is 20.8. The summed E-state index contributed by atoms with van der Waals surface area (Å²) in [6.07, 6.45) is 5.65. The normalized spacial score (nSPS) is 14.9. The number of nitrogens with zero attached hydrogens (tertiary/aromatic N) is 3. The molecule has 4 heteroatoms. The summed E-state index contributed by atoms with van der Waals surface area (Å²) < 4.78 is 0. The van der Waals surface area contributed by atoms with Gasteiger partial charge in [0.25, 0.3) is 0 Å². The van der Waals surface area contributed by atoms with Crippen molar-refractivity contribution in [2.75, 3.05) is 18.4 Å². The zero-order valence-electron chi connectivity index (χ0n) is 14.9. The van der Waals surface area contributed by atoms with E-state index in [0.29, 0.717) is 0 Å². The largest absolute Gasteiger partial charge is 0.340 e. The molecule has 0 saturated carbocycles. The van der Waals surface area contributed by atoms with Gasteiger partial charge in [-0.1, -0.05) is 48.9 Å². The molecule has 0 radical (unpaired) electrons. The second-order valence-corrected chi connectivity index (χ2v) is 6.81. The monoisotopic (exact) mass is 344 g/mol. The third kappa shape index (κ3) is 4.27. The lowest BCUT2D eigenvalue weighted by Gasteiger charge is -2.26. The third-order valence-corrected chi connectivity index (χ3v) is 4.82. The quantitative estimate of drug-likeness (QED) is 0.717. The lowest BCUT2D eigenvalue weighted by Crippen LogP contribution is -2.29. The maximum atomic E-state index is 4.37. The van der Waals surface area contributed by atoms with Crippen LogP contribution in [0.2, 0.25) is 0 Å². The van der Waals surface area contributed by atoms with E-state index in [0.717, 1.165) is 29.3 Å². The minimum absolute atomic E-state index is 0.808. The van der Waals surface area contributed by atoms with Crippen LogP contribution in [-0.4, -0.2) is 28.0 Å². The molecule has 4 nitrogen and oxygen atoms in total. The minimum atomic E-state index is 0.808. The third-order valence-electron chi connectivity index (χ3n) is 4.82. The molecule has 0 atom stereocenters. The van der Waals surface area contributed by atoms with Crippen molar-refractivity contribution in [1.82, 2.24) is 14.9 Å².